The maximum Gasteiger partial charge on any atom is 0.324 e. The minimum atomic E-state index is -0.493. The van der Waals surface area contributed by atoms with Gasteiger partial charge in [0.15, 0.2) is 5.82 Å². The van der Waals surface area contributed by atoms with Crippen molar-refractivity contribution >= 4 is 40.7 Å². The van der Waals surface area contributed by atoms with Crippen molar-refractivity contribution in [3.05, 3.63) is 36.8 Å². The lowest BCUT2D eigenvalue weighted by Gasteiger charge is -2.13. The minimum Gasteiger partial charge on any atom is -0.494 e. The molecule has 0 fully saturated rings. The lowest BCUT2D eigenvalue weighted by molar-refractivity contribution is -0.115. The van der Waals surface area contributed by atoms with Crippen LogP contribution >= 0.6 is 11.6 Å². The first-order valence-corrected chi connectivity index (χ1v) is 7.53. The van der Waals surface area contributed by atoms with E-state index in [9.17, 15) is 9.59 Å². The molecular weight excluding hydrogens is 334 g/mol. The zero-order valence-electron chi connectivity index (χ0n) is 12.9. The van der Waals surface area contributed by atoms with E-state index in [1.165, 1.54) is 25.7 Å². The van der Waals surface area contributed by atoms with Crippen molar-refractivity contribution in [1.29, 1.82) is 0 Å². The standard InChI is InChI=1S/C15H16ClN5O3/c1-24-12-8-10(19-14(22)4-5-16)2-3-11(12)20-15(23)21-13-9-17-6-7-18-13/h2-3,6-9H,4-5H2,1H3,(H,19,22)(H2,18,20,21,23). The van der Waals surface area contributed by atoms with Gasteiger partial charge in [0.25, 0.3) is 0 Å². The van der Waals surface area contributed by atoms with Crippen LogP contribution in [0, 0.1) is 0 Å². The first kappa shape index (κ1) is 17.5. The van der Waals surface area contributed by atoms with Gasteiger partial charge in [-0.1, -0.05) is 0 Å². The average molecular weight is 350 g/mol. The third-order valence-electron chi connectivity index (χ3n) is 2.86. The smallest absolute Gasteiger partial charge is 0.324 e. The number of nitrogens with one attached hydrogen (secondary N) is 3. The predicted molar refractivity (Wildman–Crippen MR) is 91.6 cm³/mol. The van der Waals surface area contributed by atoms with Crippen LogP contribution in [0.25, 0.3) is 0 Å². The monoisotopic (exact) mass is 349 g/mol. The Morgan fingerprint density at radius 2 is 2.04 bits per heavy atom. The number of hydrogen-bond donors (Lipinski definition) is 3. The second-order valence-corrected chi connectivity index (χ2v) is 4.95. The zero-order valence-corrected chi connectivity index (χ0v) is 13.6. The molecule has 0 bridgehead atoms. The number of aromatic nitrogens is 2. The molecule has 0 saturated heterocycles. The van der Waals surface area contributed by atoms with E-state index in [1.807, 2.05) is 0 Å². The number of carbonyl (C=O) groups is 2. The molecule has 126 valence electrons. The van der Waals surface area contributed by atoms with E-state index in [0.717, 1.165) is 0 Å². The highest BCUT2D eigenvalue weighted by Crippen LogP contribution is 2.28. The third-order valence-corrected chi connectivity index (χ3v) is 3.05. The second kappa shape index (κ2) is 8.68. The molecule has 24 heavy (non-hydrogen) atoms. The Labute approximate surface area is 143 Å². The van der Waals surface area contributed by atoms with Gasteiger partial charge in [0.2, 0.25) is 5.91 Å². The molecule has 3 N–H and O–H groups in total. The summed E-state index contributed by atoms with van der Waals surface area (Å²) in [6, 6.07) is 4.37. The summed E-state index contributed by atoms with van der Waals surface area (Å²) in [6.07, 6.45) is 4.61. The Balaban J connectivity index is 2.04. The summed E-state index contributed by atoms with van der Waals surface area (Å²) >= 11 is 5.52. The predicted octanol–water partition coefficient (Wildman–Crippen LogP) is 2.70. The van der Waals surface area contributed by atoms with E-state index in [1.54, 1.807) is 18.2 Å². The van der Waals surface area contributed by atoms with Crippen LogP contribution in [-0.2, 0) is 4.79 Å². The Hall–Kier alpha value is -2.87. The molecule has 8 nitrogen and oxygen atoms in total. The number of amides is 3. The van der Waals surface area contributed by atoms with Gasteiger partial charge >= 0.3 is 6.03 Å². The van der Waals surface area contributed by atoms with E-state index in [-0.39, 0.29) is 18.2 Å². The van der Waals surface area contributed by atoms with Crippen molar-refractivity contribution in [1.82, 2.24) is 9.97 Å². The largest absolute Gasteiger partial charge is 0.494 e. The maximum atomic E-state index is 12.0. The molecule has 2 aromatic rings. The Morgan fingerprint density at radius 1 is 1.21 bits per heavy atom. The van der Waals surface area contributed by atoms with Gasteiger partial charge < -0.3 is 15.4 Å². The molecule has 1 aromatic heterocycles. The Morgan fingerprint density at radius 3 is 2.71 bits per heavy atom. The van der Waals surface area contributed by atoms with Crippen LogP contribution in [-0.4, -0.2) is 34.9 Å². The van der Waals surface area contributed by atoms with Crippen LogP contribution in [0.4, 0.5) is 22.0 Å². The fourth-order valence-electron chi connectivity index (χ4n) is 1.82. The number of benzene rings is 1. The molecule has 0 saturated carbocycles. The Bertz CT molecular complexity index is 712. The average Bonchev–Trinajstić information content (AvgIpc) is 2.57. The number of anilines is 3. The highest BCUT2D eigenvalue weighted by molar-refractivity contribution is 6.19. The van der Waals surface area contributed by atoms with E-state index in [4.69, 9.17) is 16.3 Å². The summed E-state index contributed by atoms with van der Waals surface area (Å²) in [6.45, 7) is 0. The van der Waals surface area contributed by atoms with E-state index >= 15 is 0 Å². The van der Waals surface area contributed by atoms with Gasteiger partial charge in [0, 0.05) is 36.4 Å². The van der Waals surface area contributed by atoms with Crippen LogP contribution in [0.5, 0.6) is 5.75 Å². The van der Waals surface area contributed by atoms with Crippen molar-refractivity contribution < 1.29 is 14.3 Å². The molecule has 0 atom stereocenters. The number of alkyl halides is 1. The zero-order chi connectivity index (χ0) is 17.4. The lowest BCUT2D eigenvalue weighted by Crippen LogP contribution is -2.20. The maximum absolute atomic E-state index is 12.0. The van der Waals surface area contributed by atoms with Crippen molar-refractivity contribution in [2.75, 3.05) is 28.9 Å². The summed E-state index contributed by atoms with van der Waals surface area (Å²) in [5.41, 5.74) is 0.982. The quantitative estimate of drug-likeness (QED) is 0.695. The summed E-state index contributed by atoms with van der Waals surface area (Å²) in [4.78, 5) is 31.3. The second-order valence-electron chi connectivity index (χ2n) is 4.57. The van der Waals surface area contributed by atoms with Gasteiger partial charge in [-0.25, -0.2) is 9.78 Å². The van der Waals surface area contributed by atoms with E-state index < -0.39 is 6.03 Å². The minimum absolute atomic E-state index is 0.201. The van der Waals surface area contributed by atoms with E-state index in [0.29, 0.717) is 22.9 Å². The summed E-state index contributed by atoms with van der Waals surface area (Å²) in [5.74, 6) is 0.755. The van der Waals surface area contributed by atoms with Gasteiger partial charge in [-0.2, -0.15) is 0 Å². The van der Waals surface area contributed by atoms with Gasteiger partial charge in [0.1, 0.15) is 5.75 Å². The molecule has 0 spiro atoms. The number of urea groups is 1. The molecular formula is C15H16ClN5O3. The number of methoxy groups -OCH3 is 1. The van der Waals surface area contributed by atoms with Crippen molar-refractivity contribution in [3.63, 3.8) is 0 Å². The number of rotatable bonds is 6. The molecule has 0 aliphatic carbocycles. The number of nitrogens with zero attached hydrogens (tertiary/aromatic N) is 2. The molecule has 0 aliphatic heterocycles. The normalized spacial score (nSPS) is 9.92. The molecule has 9 heteroatoms. The van der Waals surface area contributed by atoms with Crippen LogP contribution in [0.15, 0.2) is 36.8 Å². The van der Waals surface area contributed by atoms with Crippen molar-refractivity contribution in [2.45, 2.75) is 6.42 Å². The first-order chi connectivity index (χ1) is 11.6. The highest BCUT2D eigenvalue weighted by atomic mass is 35.5. The van der Waals surface area contributed by atoms with Gasteiger partial charge in [-0.3, -0.25) is 15.1 Å². The SMILES string of the molecule is COc1cc(NC(=O)CCCl)ccc1NC(=O)Nc1cnccn1. The van der Waals surface area contributed by atoms with Crippen molar-refractivity contribution in [3.8, 4) is 5.75 Å². The number of carbonyl (C=O) groups excluding carboxylic acids is 2. The van der Waals surface area contributed by atoms with Crippen LogP contribution in [0.3, 0.4) is 0 Å². The van der Waals surface area contributed by atoms with Gasteiger partial charge in [-0.15, -0.1) is 11.6 Å². The summed E-state index contributed by atoms with van der Waals surface area (Å²) in [5, 5.41) is 7.87. The highest BCUT2D eigenvalue weighted by Gasteiger charge is 2.10. The van der Waals surface area contributed by atoms with Crippen LogP contribution in [0.1, 0.15) is 6.42 Å². The third kappa shape index (κ3) is 5.10. The molecule has 0 radical (unpaired) electrons. The van der Waals surface area contributed by atoms with E-state index in [2.05, 4.69) is 25.9 Å². The molecule has 1 aromatic carbocycles. The van der Waals surface area contributed by atoms with Gasteiger partial charge in [0.05, 0.1) is 19.0 Å². The summed E-state index contributed by atoms with van der Waals surface area (Å²) in [7, 11) is 1.46. The molecule has 3 amide bonds. The first-order valence-electron chi connectivity index (χ1n) is 7.00. The molecule has 0 unspecified atom stereocenters. The lowest BCUT2D eigenvalue weighted by atomic mass is 10.2. The van der Waals surface area contributed by atoms with Gasteiger partial charge in [-0.05, 0) is 12.1 Å². The molecule has 1 heterocycles. The van der Waals surface area contributed by atoms with Crippen molar-refractivity contribution in [2.24, 2.45) is 0 Å². The van der Waals surface area contributed by atoms with Crippen LogP contribution in [0.2, 0.25) is 0 Å². The van der Waals surface area contributed by atoms with Crippen LogP contribution < -0.4 is 20.7 Å². The number of hydrogen-bond acceptors (Lipinski definition) is 5. The fraction of sp³-hybridized carbons (Fsp3) is 0.200. The number of ether oxygens (including phenoxy) is 1. The molecule has 2 rings (SSSR count). The molecule has 0 aliphatic rings. The fourth-order valence-corrected chi connectivity index (χ4v) is 1.99. The Kier molecular flexibility index (Phi) is 6.32. The topological polar surface area (TPSA) is 105 Å². The summed E-state index contributed by atoms with van der Waals surface area (Å²) < 4.78 is 5.23. The number of halogens is 1.